The molecule has 0 spiro atoms. The molecule has 4 rings (SSSR count). The van der Waals surface area contributed by atoms with E-state index in [2.05, 4.69) is 21.2 Å². The van der Waals surface area contributed by atoms with E-state index in [0.29, 0.717) is 18.1 Å². The maximum atomic E-state index is 12.4. The number of carbonyl (C=O) groups is 1. The maximum Gasteiger partial charge on any atom is 0.246 e. The zero-order valence-corrected chi connectivity index (χ0v) is 16.8. The third-order valence-electron chi connectivity index (χ3n) is 4.30. The van der Waals surface area contributed by atoms with E-state index in [1.54, 1.807) is 28.7 Å². The summed E-state index contributed by atoms with van der Waals surface area (Å²) in [5.41, 5.74) is 0.960. The first-order chi connectivity index (χ1) is 13.2. The smallest absolute Gasteiger partial charge is 0.246 e. The molecular formula is C19H17ClN4OS2. The lowest BCUT2D eigenvalue weighted by Crippen LogP contribution is -2.48. The van der Waals surface area contributed by atoms with E-state index in [1.165, 1.54) is 0 Å². The normalized spacial score (nSPS) is 14.9. The van der Waals surface area contributed by atoms with Crippen molar-refractivity contribution in [3.63, 3.8) is 0 Å². The fraction of sp³-hybridized carbons (Fsp3) is 0.211. The predicted octanol–water partition coefficient (Wildman–Crippen LogP) is 4.28. The van der Waals surface area contributed by atoms with E-state index < -0.39 is 0 Å². The highest BCUT2D eigenvalue weighted by Gasteiger charge is 2.22. The summed E-state index contributed by atoms with van der Waals surface area (Å²) in [6.45, 7) is 2.88. The molecule has 1 aromatic carbocycles. The van der Waals surface area contributed by atoms with E-state index >= 15 is 0 Å². The summed E-state index contributed by atoms with van der Waals surface area (Å²) in [6.07, 6.45) is 3.45. The van der Waals surface area contributed by atoms with Crippen LogP contribution < -0.4 is 4.90 Å². The van der Waals surface area contributed by atoms with Crippen molar-refractivity contribution in [2.75, 3.05) is 31.1 Å². The SMILES string of the molecule is O=C(/C=C/c1ccc(Cl)cc1)N1CCN(c2nnc(-c3cccs3)s2)CC1. The molecule has 5 nitrogen and oxygen atoms in total. The molecule has 8 heteroatoms. The van der Waals surface area contributed by atoms with Gasteiger partial charge in [-0.1, -0.05) is 41.1 Å². The third kappa shape index (κ3) is 4.37. The molecule has 3 aromatic rings. The summed E-state index contributed by atoms with van der Waals surface area (Å²) >= 11 is 9.15. The first-order valence-corrected chi connectivity index (χ1v) is 10.6. The summed E-state index contributed by atoms with van der Waals surface area (Å²) < 4.78 is 0. The van der Waals surface area contributed by atoms with Crippen molar-refractivity contribution >= 4 is 51.4 Å². The second-order valence-corrected chi connectivity index (χ2v) is 8.40. The number of rotatable bonds is 4. The van der Waals surface area contributed by atoms with E-state index in [-0.39, 0.29) is 5.91 Å². The molecule has 1 fully saturated rings. The van der Waals surface area contributed by atoms with Crippen LogP contribution in [-0.2, 0) is 4.79 Å². The number of carbonyl (C=O) groups excluding carboxylic acids is 1. The second kappa shape index (κ2) is 8.21. The fourth-order valence-corrected chi connectivity index (χ4v) is 4.62. The van der Waals surface area contributed by atoms with Crippen molar-refractivity contribution in [1.82, 2.24) is 15.1 Å². The summed E-state index contributed by atoms with van der Waals surface area (Å²) in [7, 11) is 0. The van der Waals surface area contributed by atoms with Crippen LogP contribution >= 0.6 is 34.3 Å². The largest absolute Gasteiger partial charge is 0.343 e. The average Bonchev–Trinajstić information content (AvgIpc) is 3.39. The second-order valence-electron chi connectivity index (χ2n) is 6.06. The molecule has 1 saturated heterocycles. The van der Waals surface area contributed by atoms with Crippen molar-refractivity contribution in [3.05, 3.63) is 58.4 Å². The van der Waals surface area contributed by atoms with Gasteiger partial charge in [-0.3, -0.25) is 4.79 Å². The van der Waals surface area contributed by atoms with Crippen molar-refractivity contribution in [2.24, 2.45) is 0 Å². The van der Waals surface area contributed by atoms with Crippen molar-refractivity contribution in [1.29, 1.82) is 0 Å². The Morgan fingerprint density at radius 3 is 2.56 bits per heavy atom. The number of benzene rings is 1. The minimum Gasteiger partial charge on any atom is -0.343 e. The Labute approximate surface area is 170 Å². The van der Waals surface area contributed by atoms with E-state index in [1.807, 2.05) is 46.7 Å². The highest BCUT2D eigenvalue weighted by Crippen LogP contribution is 2.31. The number of thiophene rings is 1. The van der Waals surface area contributed by atoms with Gasteiger partial charge in [0, 0.05) is 37.3 Å². The lowest BCUT2D eigenvalue weighted by Gasteiger charge is -2.33. The molecule has 2 aromatic heterocycles. The minimum atomic E-state index is 0.0288. The van der Waals surface area contributed by atoms with E-state index in [4.69, 9.17) is 11.6 Å². The molecule has 3 heterocycles. The van der Waals surface area contributed by atoms with Gasteiger partial charge in [0.25, 0.3) is 0 Å². The Balaban J connectivity index is 1.33. The Bertz CT molecular complexity index is 929. The number of piperazine rings is 1. The minimum absolute atomic E-state index is 0.0288. The quantitative estimate of drug-likeness (QED) is 0.595. The van der Waals surface area contributed by atoms with E-state index in [0.717, 1.165) is 33.7 Å². The first kappa shape index (κ1) is 18.2. The predicted molar refractivity (Wildman–Crippen MR) is 113 cm³/mol. The number of hydrogen-bond donors (Lipinski definition) is 0. The zero-order chi connectivity index (χ0) is 18.6. The summed E-state index contributed by atoms with van der Waals surface area (Å²) in [5.74, 6) is 0.0288. The Morgan fingerprint density at radius 1 is 1.07 bits per heavy atom. The van der Waals surface area contributed by atoms with Gasteiger partial charge in [0.1, 0.15) is 0 Å². The molecule has 0 unspecified atom stereocenters. The molecule has 0 bridgehead atoms. The Kier molecular flexibility index (Phi) is 5.52. The molecule has 27 heavy (non-hydrogen) atoms. The van der Waals surface area contributed by atoms with E-state index in [9.17, 15) is 4.79 Å². The number of nitrogens with zero attached hydrogens (tertiary/aromatic N) is 4. The number of hydrogen-bond acceptors (Lipinski definition) is 6. The standard InChI is InChI=1S/C19H17ClN4OS2/c20-15-6-3-14(4-7-15)5-8-17(25)23-9-11-24(12-10-23)19-22-21-18(27-19)16-2-1-13-26-16/h1-8,13H,9-12H2/b8-5+. The molecule has 1 aliphatic heterocycles. The van der Waals surface area contributed by atoms with Crippen LogP contribution in [0.2, 0.25) is 5.02 Å². The van der Waals surface area contributed by atoms with Gasteiger partial charge in [-0.2, -0.15) is 0 Å². The van der Waals surface area contributed by atoms with Crippen LogP contribution in [0.5, 0.6) is 0 Å². The fourth-order valence-electron chi connectivity index (χ4n) is 2.81. The molecule has 138 valence electrons. The average molecular weight is 417 g/mol. The Hall–Kier alpha value is -2.22. The lowest BCUT2D eigenvalue weighted by atomic mass is 10.2. The molecule has 0 radical (unpaired) electrons. The number of amides is 1. The molecular weight excluding hydrogens is 400 g/mol. The highest BCUT2D eigenvalue weighted by atomic mass is 35.5. The van der Waals surface area contributed by atoms with Crippen molar-refractivity contribution in [3.8, 4) is 9.88 Å². The molecule has 0 saturated carbocycles. The third-order valence-corrected chi connectivity index (χ3v) is 6.57. The van der Waals surface area contributed by atoms with Gasteiger partial charge in [0.15, 0.2) is 5.01 Å². The summed E-state index contributed by atoms with van der Waals surface area (Å²) in [5, 5.41) is 13.2. The zero-order valence-electron chi connectivity index (χ0n) is 14.4. The van der Waals surface area contributed by atoms with Crippen LogP contribution in [-0.4, -0.2) is 47.2 Å². The number of aromatic nitrogens is 2. The van der Waals surface area contributed by atoms with Crippen LogP contribution in [0.1, 0.15) is 5.56 Å². The monoisotopic (exact) mass is 416 g/mol. The van der Waals surface area contributed by atoms with Crippen LogP contribution in [0.25, 0.3) is 16.0 Å². The van der Waals surface area contributed by atoms with Crippen LogP contribution in [0, 0.1) is 0 Å². The van der Waals surface area contributed by atoms with Crippen LogP contribution in [0.4, 0.5) is 5.13 Å². The summed E-state index contributed by atoms with van der Waals surface area (Å²) in [6, 6.07) is 11.5. The van der Waals surface area contributed by atoms with Gasteiger partial charge in [0.2, 0.25) is 11.0 Å². The molecule has 1 amide bonds. The van der Waals surface area contributed by atoms with Gasteiger partial charge in [0.05, 0.1) is 4.88 Å². The van der Waals surface area contributed by atoms with Gasteiger partial charge in [-0.15, -0.1) is 21.5 Å². The topological polar surface area (TPSA) is 49.3 Å². The molecule has 0 aliphatic carbocycles. The molecule has 0 N–H and O–H groups in total. The van der Waals surface area contributed by atoms with Crippen molar-refractivity contribution < 1.29 is 4.79 Å². The van der Waals surface area contributed by atoms with Gasteiger partial charge in [-0.05, 0) is 35.2 Å². The molecule has 1 aliphatic rings. The number of halogens is 1. The maximum absolute atomic E-state index is 12.4. The highest BCUT2D eigenvalue weighted by molar-refractivity contribution is 7.22. The van der Waals surface area contributed by atoms with Gasteiger partial charge >= 0.3 is 0 Å². The summed E-state index contributed by atoms with van der Waals surface area (Å²) in [4.78, 5) is 17.6. The van der Waals surface area contributed by atoms with Crippen LogP contribution in [0.3, 0.4) is 0 Å². The Morgan fingerprint density at radius 2 is 1.85 bits per heavy atom. The lowest BCUT2D eigenvalue weighted by molar-refractivity contribution is -0.126. The van der Waals surface area contributed by atoms with Crippen molar-refractivity contribution in [2.45, 2.75) is 0 Å². The van der Waals surface area contributed by atoms with Crippen LogP contribution in [0.15, 0.2) is 47.9 Å². The first-order valence-electron chi connectivity index (χ1n) is 8.54. The van der Waals surface area contributed by atoms with Gasteiger partial charge in [-0.25, -0.2) is 0 Å². The molecule has 0 atom stereocenters. The number of anilines is 1. The van der Waals surface area contributed by atoms with Gasteiger partial charge < -0.3 is 9.80 Å².